The Kier molecular flexibility index (Phi) is 4.75. The van der Waals surface area contributed by atoms with Crippen molar-refractivity contribution in [1.82, 2.24) is 15.0 Å². The van der Waals surface area contributed by atoms with Crippen LogP contribution in [0.25, 0.3) is 0 Å². The fourth-order valence-electron chi connectivity index (χ4n) is 2.36. The summed E-state index contributed by atoms with van der Waals surface area (Å²) in [7, 11) is 0. The number of carbonyl (C=O) groups excluding carboxylic acids is 1. The molecule has 2 atom stereocenters. The molecule has 2 N–H and O–H groups in total. The summed E-state index contributed by atoms with van der Waals surface area (Å²) in [6.45, 7) is 10.6. The number of aromatic nitrogens is 2. The van der Waals surface area contributed by atoms with Crippen LogP contribution in [-0.4, -0.2) is 45.9 Å². The Morgan fingerprint density at radius 1 is 1.45 bits per heavy atom. The summed E-state index contributed by atoms with van der Waals surface area (Å²) in [5, 5.41) is 3.98. The van der Waals surface area contributed by atoms with Gasteiger partial charge in [-0.1, -0.05) is 19.0 Å². The first kappa shape index (κ1) is 16.7. The molecule has 0 bridgehead atoms. The summed E-state index contributed by atoms with van der Waals surface area (Å²) in [6, 6.07) is -0.0980. The molecule has 1 aliphatic rings. The van der Waals surface area contributed by atoms with Gasteiger partial charge in [0, 0.05) is 25.0 Å². The molecule has 0 spiro atoms. The zero-order valence-corrected chi connectivity index (χ0v) is 14.0. The molecular weight excluding hydrogens is 284 g/mol. The van der Waals surface area contributed by atoms with Crippen molar-refractivity contribution in [3.63, 3.8) is 0 Å². The fourth-order valence-corrected chi connectivity index (χ4v) is 2.36. The molecule has 1 aliphatic heterocycles. The third-order valence-electron chi connectivity index (χ3n) is 3.61. The van der Waals surface area contributed by atoms with E-state index >= 15 is 0 Å². The number of rotatable bonds is 2. The summed E-state index contributed by atoms with van der Waals surface area (Å²) >= 11 is 0. The van der Waals surface area contributed by atoms with Gasteiger partial charge in [-0.3, -0.25) is 0 Å². The van der Waals surface area contributed by atoms with Crippen LogP contribution in [0.2, 0.25) is 0 Å². The Morgan fingerprint density at radius 2 is 2.14 bits per heavy atom. The second kappa shape index (κ2) is 6.24. The zero-order chi connectivity index (χ0) is 16.5. The average Bonchev–Trinajstić information content (AvgIpc) is 2.86. The number of piperidine rings is 1. The smallest absolute Gasteiger partial charge is 0.410 e. The van der Waals surface area contributed by atoms with E-state index < -0.39 is 5.60 Å². The zero-order valence-electron chi connectivity index (χ0n) is 14.0. The van der Waals surface area contributed by atoms with E-state index in [1.807, 2.05) is 34.6 Å². The Labute approximate surface area is 131 Å². The molecule has 7 nitrogen and oxygen atoms in total. The first-order chi connectivity index (χ1) is 10.2. The van der Waals surface area contributed by atoms with E-state index in [4.69, 9.17) is 15.0 Å². The van der Waals surface area contributed by atoms with Gasteiger partial charge in [0.15, 0.2) is 5.82 Å². The molecule has 2 heterocycles. The monoisotopic (exact) mass is 310 g/mol. The molecule has 0 radical (unpaired) electrons. The normalized spacial score (nSPS) is 23.0. The standard InChI is InChI=1S/C15H26N4O3/c1-9(2)12-17-13(22-18-12)10-8-19(7-6-11(10)16)14(20)21-15(3,4)5/h9-11H,6-8,16H2,1-5H3/t10-,11+/m1/s1. The third kappa shape index (κ3) is 3.97. The fraction of sp³-hybridized carbons (Fsp3) is 0.800. The van der Waals surface area contributed by atoms with Gasteiger partial charge in [-0.25, -0.2) is 4.79 Å². The van der Waals surface area contributed by atoms with Crippen molar-refractivity contribution in [2.45, 2.75) is 64.5 Å². The maximum Gasteiger partial charge on any atom is 0.410 e. The molecule has 0 aromatic carbocycles. The lowest BCUT2D eigenvalue weighted by Gasteiger charge is -2.35. The number of hydrogen-bond donors (Lipinski definition) is 1. The van der Waals surface area contributed by atoms with Crippen LogP contribution in [0, 0.1) is 0 Å². The van der Waals surface area contributed by atoms with Crippen LogP contribution in [0.3, 0.4) is 0 Å². The number of amides is 1. The third-order valence-corrected chi connectivity index (χ3v) is 3.61. The van der Waals surface area contributed by atoms with Gasteiger partial charge in [0.1, 0.15) is 5.60 Å². The highest BCUT2D eigenvalue weighted by Gasteiger charge is 2.35. The highest BCUT2D eigenvalue weighted by Crippen LogP contribution is 2.27. The van der Waals surface area contributed by atoms with Crippen molar-refractivity contribution in [1.29, 1.82) is 0 Å². The Morgan fingerprint density at radius 3 is 2.68 bits per heavy atom. The lowest BCUT2D eigenvalue weighted by molar-refractivity contribution is 0.0175. The van der Waals surface area contributed by atoms with Gasteiger partial charge < -0.3 is 19.9 Å². The van der Waals surface area contributed by atoms with Crippen LogP contribution >= 0.6 is 0 Å². The summed E-state index contributed by atoms with van der Waals surface area (Å²) < 4.78 is 10.8. The summed E-state index contributed by atoms with van der Waals surface area (Å²) in [6.07, 6.45) is 0.358. The predicted octanol–water partition coefficient (Wildman–Crippen LogP) is 2.24. The minimum Gasteiger partial charge on any atom is -0.444 e. The molecule has 1 fully saturated rings. The van der Waals surface area contributed by atoms with Crippen molar-refractivity contribution >= 4 is 6.09 Å². The van der Waals surface area contributed by atoms with Gasteiger partial charge in [0.05, 0.1) is 5.92 Å². The van der Waals surface area contributed by atoms with Crippen molar-refractivity contribution in [2.24, 2.45) is 5.73 Å². The van der Waals surface area contributed by atoms with Crippen LogP contribution in [0.1, 0.15) is 64.6 Å². The van der Waals surface area contributed by atoms with E-state index in [1.54, 1.807) is 4.90 Å². The molecule has 0 saturated carbocycles. The minimum absolute atomic E-state index is 0.0980. The van der Waals surface area contributed by atoms with E-state index in [-0.39, 0.29) is 24.0 Å². The molecule has 124 valence electrons. The van der Waals surface area contributed by atoms with Crippen LogP contribution in [-0.2, 0) is 4.74 Å². The molecule has 1 aromatic rings. The topological polar surface area (TPSA) is 94.5 Å². The number of carbonyl (C=O) groups is 1. The molecule has 2 rings (SSSR count). The van der Waals surface area contributed by atoms with Gasteiger partial charge in [0.25, 0.3) is 0 Å². The molecule has 7 heteroatoms. The highest BCUT2D eigenvalue weighted by atomic mass is 16.6. The molecule has 0 aliphatic carbocycles. The molecule has 0 unspecified atom stereocenters. The van der Waals surface area contributed by atoms with E-state index in [0.29, 0.717) is 31.2 Å². The van der Waals surface area contributed by atoms with Gasteiger partial charge in [-0.15, -0.1) is 0 Å². The predicted molar refractivity (Wildman–Crippen MR) is 81.5 cm³/mol. The number of ether oxygens (including phenoxy) is 1. The van der Waals surface area contributed by atoms with Crippen molar-refractivity contribution in [3.8, 4) is 0 Å². The summed E-state index contributed by atoms with van der Waals surface area (Å²) in [5.74, 6) is 1.21. The summed E-state index contributed by atoms with van der Waals surface area (Å²) in [4.78, 5) is 18.3. The van der Waals surface area contributed by atoms with Crippen molar-refractivity contribution in [2.75, 3.05) is 13.1 Å². The van der Waals surface area contributed by atoms with Crippen molar-refractivity contribution in [3.05, 3.63) is 11.7 Å². The highest BCUT2D eigenvalue weighted by molar-refractivity contribution is 5.68. The van der Waals surface area contributed by atoms with Gasteiger partial charge in [-0.05, 0) is 27.2 Å². The second-order valence-electron chi connectivity index (χ2n) is 7.13. The van der Waals surface area contributed by atoms with E-state index in [9.17, 15) is 4.79 Å². The van der Waals surface area contributed by atoms with Gasteiger partial charge >= 0.3 is 6.09 Å². The minimum atomic E-state index is -0.512. The van der Waals surface area contributed by atoms with E-state index in [2.05, 4.69) is 10.1 Å². The maximum absolute atomic E-state index is 12.2. The SMILES string of the molecule is CC(C)c1noc([C@@H]2CN(C(=O)OC(C)(C)C)CC[C@@H]2N)n1. The van der Waals surface area contributed by atoms with Crippen LogP contribution < -0.4 is 5.73 Å². The molecule has 22 heavy (non-hydrogen) atoms. The Balaban J connectivity index is 2.09. The van der Waals surface area contributed by atoms with E-state index in [1.165, 1.54) is 0 Å². The number of nitrogens with zero attached hydrogens (tertiary/aromatic N) is 3. The van der Waals surface area contributed by atoms with Gasteiger partial charge in [-0.2, -0.15) is 4.98 Å². The van der Waals surface area contributed by atoms with Crippen LogP contribution in [0.15, 0.2) is 4.52 Å². The Hall–Kier alpha value is -1.63. The maximum atomic E-state index is 12.2. The van der Waals surface area contributed by atoms with Crippen molar-refractivity contribution < 1.29 is 14.1 Å². The lowest BCUT2D eigenvalue weighted by Crippen LogP contribution is -2.49. The first-order valence-electron chi connectivity index (χ1n) is 7.74. The average molecular weight is 310 g/mol. The Bertz CT molecular complexity index is 521. The molecule has 1 amide bonds. The largest absolute Gasteiger partial charge is 0.444 e. The summed E-state index contributed by atoms with van der Waals surface area (Å²) in [5.41, 5.74) is 5.67. The second-order valence-corrected chi connectivity index (χ2v) is 7.13. The van der Waals surface area contributed by atoms with Crippen LogP contribution in [0.4, 0.5) is 4.79 Å². The lowest BCUT2D eigenvalue weighted by atomic mass is 9.93. The first-order valence-corrected chi connectivity index (χ1v) is 7.74. The molecule has 1 saturated heterocycles. The quantitative estimate of drug-likeness (QED) is 0.900. The van der Waals surface area contributed by atoms with E-state index in [0.717, 1.165) is 0 Å². The van der Waals surface area contributed by atoms with Crippen LogP contribution in [0.5, 0.6) is 0 Å². The number of nitrogens with two attached hydrogens (primary N) is 1. The number of hydrogen-bond acceptors (Lipinski definition) is 6. The molecular formula is C15H26N4O3. The molecule has 1 aromatic heterocycles. The van der Waals surface area contributed by atoms with Gasteiger partial charge in [0.2, 0.25) is 5.89 Å². The number of likely N-dealkylation sites (tertiary alicyclic amines) is 1.